The van der Waals surface area contributed by atoms with Gasteiger partial charge in [-0.25, -0.2) is 0 Å². The van der Waals surface area contributed by atoms with Crippen LogP contribution >= 0.6 is 0 Å². The summed E-state index contributed by atoms with van der Waals surface area (Å²) in [6.07, 6.45) is -0.0313. The van der Waals surface area contributed by atoms with E-state index in [2.05, 4.69) is 4.74 Å². The summed E-state index contributed by atoms with van der Waals surface area (Å²) >= 11 is 0. The second-order valence-electron chi connectivity index (χ2n) is 3.00. The quantitative estimate of drug-likeness (QED) is 0.347. The largest absolute Gasteiger partial charge is 0.480 e. The number of hydrogen-bond acceptors (Lipinski definition) is 4. The molecule has 0 aliphatic heterocycles. The summed E-state index contributed by atoms with van der Waals surface area (Å²) in [5.74, 6) is -1.84. The SMILES string of the molecule is CC(N)OC(=O)C1(C(=O)O)CC1. The van der Waals surface area contributed by atoms with Gasteiger partial charge in [0.25, 0.3) is 0 Å². The number of carboxylic acid groups (broad SMARTS) is 1. The Morgan fingerprint density at radius 1 is 1.58 bits per heavy atom. The Hall–Kier alpha value is -1.10. The van der Waals surface area contributed by atoms with E-state index in [-0.39, 0.29) is 0 Å². The van der Waals surface area contributed by atoms with Crippen LogP contribution < -0.4 is 5.73 Å². The van der Waals surface area contributed by atoms with Crippen molar-refractivity contribution >= 4 is 11.9 Å². The number of carbonyl (C=O) groups excluding carboxylic acids is 1. The molecule has 0 aromatic rings. The lowest BCUT2D eigenvalue weighted by Crippen LogP contribution is -2.33. The summed E-state index contributed by atoms with van der Waals surface area (Å²) in [5.41, 5.74) is 3.90. The molecule has 1 unspecified atom stereocenters. The standard InChI is InChI=1S/C7H11NO4/c1-4(8)12-6(11)7(2-3-7)5(9)10/h4H,2-3,8H2,1H3,(H,9,10). The fourth-order valence-corrected chi connectivity index (χ4v) is 0.912. The maximum absolute atomic E-state index is 11.1. The van der Waals surface area contributed by atoms with Crippen molar-refractivity contribution in [3.05, 3.63) is 0 Å². The average molecular weight is 173 g/mol. The summed E-state index contributed by atoms with van der Waals surface area (Å²) in [4.78, 5) is 21.7. The van der Waals surface area contributed by atoms with E-state index in [0.29, 0.717) is 12.8 Å². The topological polar surface area (TPSA) is 89.6 Å². The van der Waals surface area contributed by atoms with Crippen LogP contribution in [0.1, 0.15) is 19.8 Å². The zero-order chi connectivity index (χ0) is 9.35. The number of ether oxygens (including phenoxy) is 1. The van der Waals surface area contributed by atoms with Gasteiger partial charge in [0, 0.05) is 0 Å². The lowest BCUT2D eigenvalue weighted by molar-refractivity contribution is -0.164. The van der Waals surface area contributed by atoms with E-state index in [0.717, 1.165) is 0 Å². The zero-order valence-corrected chi connectivity index (χ0v) is 6.74. The highest BCUT2D eigenvalue weighted by molar-refractivity contribution is 6.02. The van der Waals surface area contributed by atoms with Crippen LogP contribution in [0.4, 0.5) is 0 Å². The Morgan fingerprint density at radius 3 is 2.33 bits per heavy atom. The van der Waals surface area contributed by atoms with Gasteiger partial charge < -0.3 is 9.84 Å². The lowest BCUT2D eigenvalue weighted by atomic mass is 10.1. The number of hydrogen-bond donors (Lipinski definition) is 2. The van der Waals surface area contributed by atoms with E-state index >= 15 is 0 Å². The van der Waals surface area contributed by atoms with Crippen molar-refractivity contribution in [1.29, 1.82) is 0 Å². The first kappa shape index (κ1) is 8.99. The Kier molecular flexibility index (Phi) is 2.06. The highest BCUT2D eigenvalue weighted by Crippen LogP contribution is 2.47. The van der Waals surface area contributed by atoms with Gasteiger partial charge in [-0.2, -0.15) is 0 Å². The summed E-state index contributed by atoms with van der Waals surface area (Å²) in [6.45, 7) is 1.48. The van der Waals surface area contributed by atoms with Gasteiger partial charge in [-0.05, 0) is 19.8 Å². The molecule has 1 aliphatic rings. The van der Waals surface area contributed by atoms with Crippen LogP contribution in [0, 0.1) is 5.41 Å². The molecule has 0 aromatic heterocycles. The van der Waals surface area contributed by atoms with Crippen molar-refractivity contribution in [3.8, 4) is 0 Å². The molecule has 12 heavy (non-hydrogen) atoms. The maximum atomic E-state index is 11.1. The van der Waals surface area contributed by atoms with Crippen LogP contribution in [0.15, 0.2) is 0 Å². The molecule has 1 fully saturated rings. The van der Waals surface area contributed by atoms with Crippen LogP contribution in [0.25, 0.3) is 0 Å². The highest BCUT2D eigenvalue weighted by Gasteiger charge is 2.58. The Balaban J connectivity index is 2.58. The fraction of sp³-hybridized carbons (Fsp3) is 0.714. The molecule has 0 saturated heterocycles. The van der Waals surface area contributed by atoms with Crippen molar-refractivity contribution in [2.45, 2.75) is 26.0 Å². The van der Waals surface area contributed by atoms with E-state index in [9.17, 15) is 9.59 Å². The summed E-state index contributed by atoms with van der Waals surface area (Å²) in [7, 11) is 0. The molecule has 68 valence electrons. The van der Waals surface area contributed by atoms with Gasteiger partial charge in [-0.3, -0.25) is 15.3 Å². The molecule has 0 aromatic carbocycles. The zero-order valence-electron chi connectivity index (χ0n) is 6.74. The molecule has 3 N–H and O–H groups in total. The minimum absolute atomic E-state index is 0.355. The second-order valence-corrected chi connectivity index (χ2v) is 3.00. The molecule has 1 rings (SSSR count). The number of esters is 1. The molecule has 1 atom stereocenters. The minimum atomic E-state index is -1.28. The van der Waals surface area contributed by atoms with Crippen LogP contribution in [0.5, 0.6) is 0 Å². The molecule has 0 bridgehead atoms. The molecule has 0 spiro atoms. The van der Waals surface area contributed by atoms with Crippen molar-refractivity contribution in [2.24, 2.45) is 11.1 Å². The molecular formula is C7H11NO4. The predicted octanol–water partition coefficient (Wildman–Crippen LogP) is -0.301. The number of rotatable bonds is 3. The Bertz CT molecular complexity index is 219. The van der Waals surface area contributed by atoms with Crippen LogP contribution in [-0.2, 0) is 14.3 Å². The Morgan fingerprint density at radius 2 is 2.08 bits per heavy atom. The maximum Gasteiger partial charge on any atom is 0.325 e. The fourth-order valence-electron chi connectivity index (χ4n) is 0.912. The van der Waals surface area contributed by atoms with E-state index in [1.54, 1.807) is 0 Å². The first-order valence-electron chi connectivity index (χ1n) is 3.69. The van der Waals surface area contributed by atoms with Crippen LogP contribution in [0.3, 0.4) is 0 Å². The normalized spacial score (nSPS) is 21.2. The van der Waals surface area contributed by atoms with E-state index in [4.69, 9.17) is 10.8 Å². The van der Waals surface area contributed by atoms with E-state index in [1.807, 2.05) is 0 Å². The number of aliphatic carboxylic acids is 1. The number of carbonyl (C=O) groups is 2. The molecular weight excluding hydrogens is 162 g/mol. The van der Waals surface area contributed by atoms with Gasteiger partial charge in [0.05, 0.1) is 0 Å². The van der Waals surface area contributed by atoms with Gasteiger partial charge in [-0.15, -0.1) is 0 Å². The summed E-state index contributed by atoms with van der Waals surface area (Å²) in [5, 5.41) is 8.65. The van der Waals surface area contributed by atoms with Gasteiger partial charge in [0.15, 0.2) is 5.41 Å². The molecule has 1 aliphatic carbocycles. The highest BCUT2D eigenvalue weighted by atomic mass is 16.6. The molecule has 0 amide bonds. The molecule has 5 nitrogen and oxygen atoms in total. The smallest absolute Gasteiger partial charge is 0.325 e. The van der Waals surface area contributed by atoms with Gasteiger partial charge in [0.1, 0.15) is 6.23 Å². The van der Waals surface area contributed by atoms with Gasteiger partial charge >= 0.3 is 11.9 Å². The third-order valence-corrected chi connectivity index (χ3v) is 1.84. The van der Waals surface area contributed by atoms with Crippen LogP contribution in [0.2, 0.25) is 0 Å². The summed E-state index contributed by atoms with van der Waals surface area (Å²) < 4.78 is 4.60. The molecule has 1 saturated carbocycles. The lowest BCUT2D eigenvalue weighted by Gasteiger charge is -2.11. The van der Waals surface area contributed by atoms with Crippen molar-refractivity contribution in [2.75, 3.05) is 0 Å². The number of carboxylic acids is 1. The van der Waals surface area contributed by atoms with Crippen molar-refractivity contribution in [3.63, 3.8) is 0 Å². The van der Waals surface area contributed by atoms with Crippen molar-refractivity contribution < 1.29 is 19.4 Å². The summed E-state index contributed by atoms with van der Waals surface area (Å²) in [6, 6.07) is 0. The van der Waals surface area contributed by atoms with E-state index in [1.165, 1.54) is 6.92 Å². The molecule has 0 radical (unpaired) electrons. The predicted molar refractivity (Wildman–Crippen MR) is 39.0 cm³/mol. The van der Waals surface area contributed by atoms with Gasteiger partial charge in [-0.1, -0.05) is 0 Å². The minimum Gasteiger partial charge on any atom is -0.480 e. The van der Waals surface area contributed by atoms with Gasteiger partial charge in [0.2, 0.25) is 0 Å². The number of nitrogens with two attached hydrogens (primary N) is 1. The molecule has 0 heterocycles. The second kappa shape index (κ2) is 2.75. The average Bonchev–Trinajstić information content (AvgIpc) is 2.63. The third-order valence-electron chi connectivity index (χ3n) is 1.84. The van der Waals surface area contributed by atoms with Crippen molar-refractivity contribution in [1.82, 2.24) is 0 Å². The molecule has 5 heteroatoms. The first-order valence-corrected chi connectivity index (χ1v) is 3.69. The first-order chi connectivity index (χ1) is 5.49. The monoisotopic (exact) mass is 173 g/mol. The Labute approximate surface area is 69.5 Å². The van der Waals surface area contributed by atoms with Crippen LogP contribution in [-0.4, -0.2) is 23.3 Å². The third kappa shape index (κ3) is 1.40. The van der Waals surface area contributed by atoms with E-state index < -0.39 is 23.6 Å².